The van der Waals surface area contributed by atoms with Gasteiger partial charge in [-0.1, -0.05) is 48.5 Å². The van der Waals surface area contributed by atoms with Gasteiger partial charge in [-0.15, -0.1) is 0 Å². The maximum absolute atomic E-state index is 13.3. The van der Waals surface area contributed by atoms with Crippen molar-refractivity contribution in [2.24, 2.45) is 0 Å². The Morgan fingerprint density at radius 1 is 0.962 bits per heavy atom. The van der Waals surface area contributed by atoms with Crippen LogP contribution in [0.1, 0.15) is 22.6 Å². The molecule has 0 spiro atoms. The molecule has 0 saturated heterocycles. The summed E-state index contributed by atoms with van der Waals surface area (Å²) in [6.07, 6.45) is 0.685. The van der Waals surface area contributed by atoms with Gasteiger partial charge in [0.1, 0.15) is 5.75 Å². The molecule has 1 heterocycles. The first-order chi connectivity index (χ1) is 12.7. The predicted molar refractivity (Wildman–Crippen MR) is 104 cm³/mol. The largest absolute Gasteiger partial charge is 0.496 e. The van der Waals surface area contributed by atoms with Gasteiger partial charge in [0.25, 0.3) is 0 Å². The number of fused-ring (bicyclic) bond motifs is 1. The van der Waals surface area contributed by atoms with E-state index in [4.69, 9.17) is 4.74 Å². The fraction of sp³-hybridized carbons (Fsp3) is 0.174. The first-order valence-corrected chi connectivity index (χ1v) is 8.80. The van der Waals surface area contributed by atoms with E-state index in [2.05, 4.69) is 12.1 Å². The summed E-state index contributed by atoms with van der Waals surface area (Å²) in [5, 5.41) is 0. The number of methoxy groups -OCH3 is 1. The smallest absolute Gasteiger partial charge is 0.239 e. The van der Waals surface area contributed by atoms with Gasteiger partial charge in [0, 0.05) is 5.69 Å². The third-order valence-corrected chi connectivity index (χ3v) is 4.99. The highest BCUT2D eigenvalue weighted by Gasteiger charge is 2.37. The van der Waals surface area contributed by atoms with Crippen LogP contribution in [-0.4, -0.2) is 13.0 Å². The number of hydrogen-bond acceptors (Lipinski definition) is 2. The van der Waals surface area contributed by atoms with Gasteiger partial charge in [-0.05, 0) is 54.3 Å². The molecule has 1 atom stereocenters. The van der Waals surface area contributed by atoms with Gasteiger partial charge in [-0.3, -0.25) is 9.69 Å². The molecule has 0 radical (unpaired) electrons. The Balaban J connectivity index is 1.71. The van der Waals surface area contributed by atoms with Crippen LogP contribution in [0.25, 0.3) is 0 Å². The van der Waals surface area contributed by atoms with Gasteiger partial charge in [-0.2, -0.15) is 0 Å². The lowest BCUT2D eigenvalue weighted by atomic mass is 9.92. The summed E-state index contributed by atoms with van der Waals surface area (Å²) < 4.78 is 5.35. The van der Waals surface area contributed by atoms with Crippen molar-refractivity contribution in [3.05, 3.63) is 89.5 Å². The maximum atomic E-state index is 13.3. The van der Waals surface area contributed by atoms with Crippen LogP contribution in [0.4, 0.5) is 11.4 Å². The molecule has 26 heavy (non-hydrogen) atoms. The molecule has 3 nitrogen and oxygen atoms in total. The average molecular weight is 343 g/mol. The van der Waals surface area contributed by atoms with Crippen molar-refractivity contribution in [1.82, 2.24) is 0 Å². The van der Waals surface area contributed by atoms with Crippen LogP contribution in [0.2, 0.25) is 0 Å². The van der Waals surface area contributed by atoms with Crippen LogP contribution in [0.5, 0.6) is 5.75 Å². The molecule has 0 aliphatic carbocycles. The summed E-state index contributed by atoms with van der Waals surface area (Å²) in [6, 6.07) is 24.1. The van der Waals surface area contributed by atoms with Gasteiger partial charge in [0.15, 0.2) is 0 Å². The van der Waals surface area contributed by atoms with E-state index < -0.39 is 0 Å². The van der Waals surface area contributed by atoms with E-state index in [1.807, 2.05) is 72.5 Å². The molecule has 1 aliphatic heterocycles. The fourth-order valence-electron chi connectivity index (χ4n) is 3.74. The topological polar surface area (TPSA) is 29.5 Å². The van der Waals surface area contributed by atoms with Crippen LogP contribution in [-0.2, 0) is 11.2 Å². The number of carbonyl (C=O) groups excluding carboxylic acids is 1. The normalized spacial score (nSPS) is 15.8. The van der Waals surface area contributed by atoms with Gasteiger partial charge in [-0.25, -0.2) is 0 Å². The van der Waals surface area contributed by atoms with E-state index in [9.17, 15) is 4.79 Å². The number of ether oxygens (including phenoxy) is 1. The Kier molecular flexibility index (Phi) is 4.21. The minimum Gasteiger partial charge on any atom is -0.496 e. The summed E-state index contributed by atoms with van der Waals surface area (Å²) in [5.41, 5.74) is 5.22. The third kappa shape index (κ3) is 2.76. The summed E-state index contributed by atoms with van der Waals surface area (Å²) in [4.78, 5) is 15.1. The summed E-state index contributed by atoms with van der Waals surface area (Å²) >= 11 is 0. The number of rotatable bonds is 4. The number of hydrogen-bond donors (Lipinski definition) is 0. The lowest BCUT2D eigenvalue weighted by Crippen LogP contribution is -2.24. The molecule has 0 saturated carbocycles. The molecule has 1 amide bonds. The molecule has 3 heteroatoms. The quantitative estimate of drug-likeness (QED) is 0.666. The molecule has 1 aliphatic rings. The minimum atomic E-state index is -0.167. The number of para-hydroxylation sites is 2. The van der Waals surface area contributed by atoms with Crippen molar-refractivity contribution in [2.75, 3.05) is 12.0 Å². The molecule has 0 aromatic heterocycles. The monoisotopic (exact) mass is 343 g/mol. The van der Waals surface area contributed by atoms with Crippen molar-refractivity contribution in [1.29, 1.82) is 0 Å². The molecule has 0 bridgehead atoms. The number of amides is 1. The predicted octanol–water partition coefficient (Wildman–Crippen LogP) is 5.01. The summed E-state index contributed by atoms with van der Waals surface area (Å²) in [6.45, 7) is 2.03. The van der Waals surface area contributed by atoms with Crippen molar-refractivity contribution < 1.29 is 9.53 Å². The third-order valence-electron chi connectivity index (χ3n) is 4.99. The highest BCUT2D eigenvalue weighted by atomic mass is 16.5. The first-order valence-electron chi connectivity index (χ1n) is 8.80. The van der Waals surface area contributed by atoms with Crippen LogP contribution in [0, 0.1) is 6.92 Å². The Morgan fingerprint density at radius 3 is 2.42 bits per heavy atom. The van der Waals surface area contributed by atoms with E-state index in [0.29, 0.717) is 6.42 Å². The molecule has 3 aromatic rings. The van der Waals surface area contributed by atoms with Crippen LogP contribution in [0.15, 0.2) is 72.8 Å². The van der Waals surface area contributed by atoms with Crippen molar-refractivity contribution in [2.45, 2.75) is 19.3 Å². The zero-order valence-electron chi connectivity index (χ0n) is 15.0. The zero-order chi connectivity index (χ0) is 18.1. The Morgan fingerprint density at radius 2 is 1.69 bits per heavy atom. The number of carbonyl (C=O) groups is 1. The molecular formula is C23H21NO2. The first kappa shape index (κ1) is 16.4. The number of nitrogens with zero attached hydrogens (tertiary/aromatic N) is 1. The molecule has 0 fully saturated rings. The van der Waals surface area contributed by atoms with Gasteiger partial charge >= 0.3 is 0 Å². The molecule has 130 valence electrons. The highest BCUT2D eigenvalue weighted by molar-refractivity contribution is 6.10. The second-order valence-corrected chi connectivity index (χ2v) is 6.63. The molecular weight excluding hydrogens is 322 g/mol. The highest BCUT2D eigenvalue weighted by Crippen LogP contribution is 2.43. The number of aryl methyl sites for hydroxylation is 1. The minimum absolute atomic E-state index is 0.130. The summed E-state index contributed by atoms with van der Waals surface area (Å²) in [5.74, 6) is 0.836. The van der Waals surface area contributed by atoms with Crippen molar-refractivity contribution in [3.8, 4) is 5.75 Å². The van der Waals surface area contributed by atoms with Crippen LogP contribution in [0.3, 0.4) is 0 Å². The Labute approximate surface area is 153 Å². The molecule has 0 N–H and O–H groups in total. The Bertz CT molecular complexity index is 949. The lowest BCUT2D eigenvalue weighted by molar-refractivity contribution is -0.118. The molecule has 3 aromatic carbocycles. The standard InChI is InChI=1S/C23H21NO2/c1-16-14-17(12-13-22(16)26-2)15-20-19-10-6-7-11-21(19)24(23(20)25)18-8-4-3-5-9-18/h3-14,20H,15H2,1-2H3. The van der Waals surface area contributed by atoms with E-state index in [-0.39, 0.29) is 11.8 Å². The Hall–Kier alpha value is -3.07. The second kappa shape index (κ2) is 6.68. The maximum Gasteiger partial charge on any atom is 0.239 e. The fourth-order valence-corrected chi connectivity index (χ4v) is 3.74. The van der Waals surface area contributed by atoms with Crippen molar-refractivity contribution >= 4 is 17.3 Å². The van der Waals surface area contributed by atoms with Gasteiger partial charge in [0.2, 0.25) is 5.91 Å². The van der Waals surface area contributed by atoms with E-state index >= 15 is 0 Å². The van der Waals surface area contributed by atoms with E-state index in [0.717, 1.165) is 33.8 Å². The van der Waals surface area contributed by atoms with Crippen molar-refractivity contribution in [3.63, 3.8) is 0 Å². The molecule has 1 unspecified atom stereocenters. The van der Waals surface area contributed by atoms with Crippen LogP contribution >= 0.6 is 0 Å². The average Bonchev–Trinajstić information content (AvgIpc) is 2.94. The molecule has 4 rings (SSSR count). The van der Waals surface area contributed by atoms with E-state index in [1.165, 1.54) is 0 Å². The lowest BCUT2D eigenvalue weighted by Gasteiger charge is -2.18. The van der Waals surface area contributed by atoms with Gasteiger partial charge < -0.3 is 4.74 Å². The SMILES string of the molecule is COc1ccc(CC2C(=O)N(c3ccccc3)c3ccccc32)cc1C. The second-order valence-electron chi connectivity index (χ2n) is 6.63. The van der Waals surface area contributed by atoms with E-state index in [1.54, 1.807) is 7.11 Å². The van der Waals surface area contributed by atoms with Crippen LogP contribution < -0.4 is 9.64 Å². The zero-order valence-corrected chi connectivity index (χ0v) is 15.0. The van der Waals surface area contributed by atoms with Gasteiger partial charge in [0.05, 0.1) is 18.7 Å². The summed E-state index contributed by atoms with van der Waals surface area (Å²) in [7, 11) is 1.68. The number of anilines is 2. The number of benzene rings is 3.